The van der Waals surface area contributed by atoms with Gasteiger partial charge in [0.1, 0.15) is 5.60 Å². The minimum Gasteiger partial charge on any atom is -0.386 e. The lowest BCUT2D eigenvalue weighted by Gasteiger charge is -2.25. The Bertz CT molecular complexity index is 200. The van der Waals surface area contributed by atoms with Gasteiger partial charge in [0.15, 0.2) is 0 Å². The second-order valence-electron chi connectivity index (χ2n) is 4.76. The summed E-state index contributed by atoms with van der Waals surface area (Å²) in [7, 11) is 0. The van der Waals surface area contributed by atoms with Crippen molar-refractivity contribution >= 4 is 0 Å². The topological polar surface area (TPSA) is 41.5 Å². The Morgan fingerprint density at radius 2 is 2.38 bits per heavy atom. The summed E-state index contributed by atoms with van der Waals surface area (Å²) in [4.78, 5) is 0. The average molecular weight is 227 g/mol. The van der Waals surface area contributed by atoms with Crippen LogP contribution in [0.15, 0.2) is 12.7 Å². The molecule has 94 valence electrons. The number of nitrogens with one attached hydrogen (secondary N) is 1. The minimum atomic E-state index is -0.639. The summed E-state index contributed by atoms with van der Waals surface area (Å²) < 4.78 is 5.23. The lowest BCUT2D eigenvalue weighted by Crippen LogP contribution is -2.45. The number of aliphatic hydroxyl groups is 1. The molecule has 0 aromatic carbocycles. The summed E-state index contributed by atoms with van der Waals surface area (Å²) >= 11 is 0. The predicted molar refractivity (Wildman–Crippen MR) is 66.5 cm³/mol. The summed E-state index contributed by atoms with van der Waals surface area (Å²) in [5.74, 6) is 0. The Morgan fingerprint density at radius 1 is 1.56 bits per heavy atom. The standard InChI is InChI=1S/C13H25NO2/c1-3-5-7-12(6-4-2)14-10-13(15)8-9-16-11-13/h3,12,14-15H,1,4-11H2,2H3. The molecule has 0 amide bonds. The number of hydrogen-bond donors (Lipinski definition) is 2. The molecule has 2 atom stereocenters. The van der Waals surface area contributed by atoms with Crippen LogP contribution in [-0.4, -0.2) is 36.5 Å². The number of rotatable bonds is 8. The average Bonchev–Trinajstić information content (AvgIpc) is 2.70. The molecule has 1 fully saturated rings. The van der Waals surface area contributed by atoms with Crippen LogP contribution in [0.2, 0.25) is 0 Å². The van der Waals surface area contributed by atoms with Crippen molar-refractivity contribution in [3.05, 3.63) is 12.7 Å². The van der Waals surface area contributed by atoms with Gasteiger partial charge >= 0.3 is 0 Å². The van der Waals surface area contributed by atoms with Crippen molar-refractivity contribution in [3.63, 3.8) is 0 Å². The third-order valence-corrected chi connectivity index (χ3v) is 3.16. The molecule has 1 aliphatic heterocycles. The van der Waals surface area contributed by atoms with Crippen molar-refractivity contribution in [1.82, 2.24) is 5.32 Å². The maximum atomic E-state index is 10.1. The first-order valence-electron chi connectivity index (χ1n) is 6.34. The summed E-state index contributed by atoms with van der Waals surface area (Å²) in [6.07, 6.45) is 7.17. The maximum absolute atomic E-state index is 10.1. The van der Waals surface area contributed by atoms with Crippen LogP contribution in [0.1, 0.15) is 39.0 Å². The number of hydrogen-bond acceptors (Lipinski definition) is 3. The van der Waals surface area contributed by atoms with Gasteiger partial charge in [-0.3, -0.25) is 0 Å². The molecule has 0 aromatic heterocycles. The zero-order chi connectivity index (χ0) is 11.9. The van der Waals surface area contributed by atoms with Crippen molar-refractivity contribution in [2.24, 2.45) is 0 Å². The Balaban J connectivity index is 2.27. The zero-order valence-corrected chi connectivity index (χ0v) is 10.4. The van der Waals surface area contributed by atoms with Crippen LogP contribution in [0.4, 0.5) is 0 Å². The van der Waals surface area contributed by atoms with E-state index in [9.17, 15) is 5.11 Å². The molecule has 1 heterocycles. The van der Waals surface area contributed by atoms with E-state index < -0.39 is 5.60 Å². The van der Waals surface area contributed by atoms with Crippen LogP contribution >= 0.6 is 0 Å². The van der Waals surface area contributed by atoms with Crippen molar-refractivity contribution < 1.29 is 9.84 Å². The number of allylic oxidation sites excluding steroid dienone is 1. The van der Waals surface area contributed by atoms with E-state index in [2.05, 4.69) is 18.8 Å². The first kappa shape index (κ1) is 13.7. The molecule has 0 aromatic rings. The molecule has 3 heteroatoms. The van der Waals surface area contributed by atoms with E-state index in [0.29, 0.717) is 25.8 Å². The molecule has 16 heavy (non-hydrogen) atoms. The fourth-order valence-corrected chi connectivity index (χ4v) is 2.09. The van der Waals surface area contributed by atoms with Crippen LogP contribution in [0.3, 0.4) is 0 Å². The minimum absolute atomic E-state index is 0.473. The summed E-state index contributed by atoms with van der Waals surface area (Å²) in [6.45, 7) is 7.74. The van der Waals surface area contributed by atoms with Gasteiger partial charge in [0.25, 0.3) is 0 Å². The van der Waals surface area contributed by atoms with E-state index >= 15 is 0 Å². The highest BCUT2D eigenvalue weighted by Crippen LogP contribution is 2.18. The summed E-state index contributed by atoms with van der Waals surface area (Å²) in [6, 6.07) is 0.493. The summed E-state index contributed by atoms with van der Waals surface area (Å²) in [5.41, 5.74) is -0.639. The van der Waals surface area contributed by atoms with Gasteiger partial charge in [-0.1, -0.05) is 19.4 Å². The molecular formula is C13H25NO2. The fraction of sp³-hybridized carbons (Fsp3) is 0.846. The lowest BCUT2D eigenvalue weighted by atomic mass is 10.0. The van der Waals surface area contributed by atoms with Crippen LogP contribution in [0.25, 0.3) is 0 Å². The Hall–Kier alpha value is -0.380. The van der Waals surface area contributed by atoms with Gasteiger partial charge < -0.3 is 15.2 Å². The smallest absolute Gasteiger partial charge is 0.102 e. The quantitative estimate of drug-likeness (QED) is 0.622. The molecule has 2 N–H and O–H groups in total. The Labute approximate surface area is 98.9 Å². The third kappa shape index (κ3) is 4.64. The first-order valence-corrected chi connectivity index (χ1v) is 6.34. The van der Waals surface area contributed by atoms with E-state index in [-0.39, 0.29) is 0 Å². The van der Waals surface area contributed by atoms with Gasteiger partial charge in [-0.15, -0.1) is 6.58 Å². The van der Waals surface area contributed by atoms with Crippen molar-refractivity contribution in [3.8, 4) is 0 Å². The van der Waals surface area contributed by atoms with Crippen molar-refractivity contribution in [1.29, 1.82) is 0 Å². The maximum Gasteiger partial charge on any atom is 0.102 e. The fourth-order valence-electron chi connectivity index (χ4n) is 2.09. The van der Waals surface area contributed by atoms with Gasteiger partial charge in [0, 0.05) is 25.6 Å². The molecule has 0 spiro atoms. The van der Waals surface area contributed by atoms with E-state index in [1.807, 2.05) is 6.08 Å². The largest absolute Gasteiger partial charge is 0.386 e. The highest BCUT2D eigenvalue weighted by atomic mass is 16.5. The molecule has 1 rings (SSSR count). The van der Waals surface area contributed by atoms with Gasteiger partial charge in [-0.2, -0.15) is 0 Å². The molecule has 1 saturated heterocycles. The van der Waals surface area contributed by atoms with Gasteiger partial charge in [-0.25, -0.2) is 0 Å². The zero-order valence-electron chi connectivity index (χ0n) is 10.4. The Morgan fingerprint density at radius 3 is 2.94 bits per heavy atom. The van der Waals surface area contributed by atoms with Gasteiger partial charge in [0.2, 0.25) is 0 Å². The molecule has 1 aliphatic rings. The monoisotopic (exact) mass is 227 g/mol. The first-order chi connectivity index (χ1) is 7.70. The molecule has 3 nitrogen and oxygen atoms in total. The molecule has 0 aliphatic carbocycles. The van der Waals surface area contributed by atoms with E-state index in [1.54, 1.807) is 0 Å². The molecule has 0 bridgehead atoms. The van der Waals surface area contributed by atoms with Crippen LogP contribution in [0, 0.1) is 0 Å². The van der Waals surface area contributed by atoms with Gasteiger partial charge in [0.05, 0.1) is 6.61 Å². The van der Waals surface area contributed by atoms with Crippen LogP contribution in [-0.2, 0) is 4.74 Å². The predicted octanol–water partition coefficient (Wildman–Crippen LogP) is 1.86. The highest BCUT2D eigenvalue weighted by molar-refractivity contribution is 4.86. The molecule has 0 saturated carbocycles. The van der Waals surface area contributed by atoms with Gasteiger partial charge in [-0.05, 0) is 19.3 Å². The molecular weight excluding hydrogens is 202 g/mol. The second-order valence-corrected chi connectivity index (χ2v) is 4.76. The van der Waals surface area contributed by atoms with Crippen molar-refractivity contribution in [2.45, 2.75) is 50.7 Å². The third-order valence-electron chi connectivity index (χ3n) is 3.16. The lowest BCUT2D eigenvalue weighted by molar-refractivity contribution is 0.0243. The van der Waals surface area contributed by atoms with E-state index in [4.69, 9.17) is 4.74 Å². The highest BCUT2D eigenvalue weighted by Gasteiger charge is 2.32. The SMILES string of the molecule is C=CCCC(CCC)NCC1(O)CCOC1. The molecule has 0 radical (unpaired) electrons. The molecule has 2 unspecified atom stereocenters. The summed E-state index contributed by atoms with van der Waals surface area (Å²) in [5, 5.41) is 13.6. The van der Waals surface area contributed by atoms with E-state index in [1.165, 1.54) is 6.42 Å². The van der Waals surface area contributed by atoms with Crippen LogP contribution in [0.5, 0.6) is 0 Å². The van der Waals surface area contributed by atoms with E-state index in [0.717, 1.165) is 25.7 Å². The number of ether oxygens (including phenoxy) is 1. The second kappa shape index (κ2) is 7.05. The normalized spacial score (nSPS) is 26.9. The van der Waals surface area contributed by atoms with Crippen LogP contribution < -0.4 is 5.32 Å². The Kier molecular flexibility index (Phi) is 6.03. The van der Waals surface area contributed by atoms with Crippen molar-refractivity contribution in [2.75, 3.05) is 19.8 Å².